The highest BCUT2D eigenvalue weighted by Gasteiger charge is 2.41. The number of amides is 1. The predicted octanol–water partition coefficient (Wildman–Crippen LogP) is -0.0203. The summed E-state index contributed by atoms with van der Waals surface area (Å²) in [7, 11) is 0. The van der Waals surface area contributed by atoms with Crippen LogP contribution in [0.5, 0.6) is 0 Å². The molecule has 1 aliphatic rings. The van der Waals surface area contributed by atoms with Crippen molar-refractivity contribution in [3.8, 4) is 0 Å². The molecule has 0 spiro atoms. The minimum absolute atomic E-state index is 0.0360. The van der Waals surface area contributed by atoms with Crippen molar-refractivity contribution in [1.29, 1.82) is 0 Å². The average Bonchev–Trinajstić information content (AvgIpc) is 2.84. The minimum Gasteiger partial charge on any atom is -0.368 e. The zero-order valence-electron chi connectivity index (χ0n) is 11.0. The van der Waals surface area contributed by atoms with E-state index in [4.69, 9.17) is 11.5 Å². The van der Waals surface area contributed by atoms with Crippen molar-refractivity contribution in [3.05, 3.63) is 10.5 Å². The van der Waals surface area contributed by atoms with Gasteiger partial charge in [-0.15, -0.1) is 5.10 Å². The van der Waals surface area contributed by atoms with E-state index in [-0.39, 0.29) is 17.0 Å². The quantitative estimate of drug-likeness (QED) is 0.718. The van der Waals surface area contributed by atoms with Crippen molar-refractivity contribution >= 4 is 17.7 Å². The number of nitrogens with one attached hydrogen (secondary N) is 1. The first-order chi connectivity index (χ1) is 8.83. The number of nitrogens with two attached hydrogens (primary N) is 2. The maximum absolute atomic E-state index is 11.6. The molecule has 0 bridgehead atoms. The Hall–Kier alpha value is -1.28. The second-order valence-corrected chi connectivity index (χ2v) is 6.55. The van der Waals surface area contributed by atoms with E-state index in [1.54, 1.807) is 4.57 Å². The number of aromatic amines is 1. The van der Waals surface area contributed by atoms with Gasteiger partial charge in [0.15, 0.2) is 5.16 Å². The number of aromatic nitrogens is 3. The molecule has 7 nitrogen and oxygen atoms in total. The van der Waals surface area contributed by atoms with E-state index in [1.165, 1.54) is 11.8 Å². The summed E-state index contributed by atoms with van der Waals surface area (Å²) in [6.45, 7) is 3.85. The second kappa shape index (κ2) is 5.01. The average molecular weight is 285 g/mol. The molecule has 0 aromatic carbocycles. The fourth-order valence-electron chi connectivity index (χ4n) is 2.33. The topological polar surface area (TPSA) is 120 Å². The molecule has 5 N–H and O–H groups in total. The van der Waals surface area contributed by atoms with Crippen LogP contribution in [-0.2, 0) is 4.79 Å². The van der Waals surface area contributed by atoms with Gasteiger partial charge in [-0.25, -0.2) is 9.89 Å². The summed E-state index contributed by atoms with van der Waals surface area (Å²) in [5.41, 5.74) is 10.1. The molecule has 2 rings (SSSR count). The maximum Gasteiger partial charge on any atom is 0.344 e. The van der Waals surface area contributed by atoms with Gasteiger partial charge in [-0.05, 0) is 33.1 Å². The monoisotopic (exact) mass is 285 g/mol. The normalized spacial score (nSPS) is 27.1. The van der Waals surface area contributed by atoms with E-state index in [2.05, 4.69) is 10.2 Å². The Morgan fingerprint density at radius 1 is 1.63 bits per heavy atom. The Kier molecular flexibility index (Phi) is 3.73. The third-order valence-electron chi connectivity index (χ3n) is 3.46. The van der Waals surface area contributed by atoms with Crippen molar-refractivity contribution < 1.29 is 4.79 Å². The summed E-state index contributed by atoms with van der Waals surface area (Å²) in [6, 6.07) is 0.0360. The van der Waals surface area contributed by atoms with Crippen molar-refractivity contribution in [2.45, 2.75) is 55.1 Å². The molecule has 2 atom stereocenters. The van der Waals surface area contributed by atoms with Crippen LogP contribution in [0.3, 0.4) is 0 Å². The molecule has 1 aromatic heterocycles. The van der Waals surface area contributed by atoms with Gasteiger partial charge >= 0.3 is 5.69 Å². The third kappa shape index (κ3) is 2.69. The van der Waals surface area contributed by atoms with Gasteiger partial charge in [0, 0.05) is 11.3 Å². The van der Waals surface area contributed by atoms with Crippen molar-refractivity contribution in [2.75, 3.05) is 0 Å². The molecule has 2 unspecified atom stereocenters. The van der Waals surface area contributed by atoms with Crippen LogP contribution >= 0.6 is 11.8 Å². The number of H-pyrrole nitrogens is 1. The number of hydrogen-bond donors (Lipinski definition) is 3. The molecule has 1 saturated carbocycles. The molecule has 0 aliphatic heterocycles. The summed E-state index contributed by atoms with van der Waals surface area (Å²) in [5.74, 6) is -0.459. The van der Waals surface area contributed by atoms with Crippen LogP contribution < -0.4 is 17.2 Å². The third-order valence-corrected chi connectivity index (χ3v) is 4.69. The number of hydrogen-bond acceptors (Lipinski definition) is 5. The van der Waals surface area contributed by atoms with Gasteiger partial charge in [0.05, 0.1) is 5.54 Å². The van der Waals surface area contributed by atoms with Crippen LogP contribution in [0.2, 0.25) is 0 Å². The summed E-state index contributed by atoms with van der Waals surface area (Å²) in [6.07, 6.45) is 1.89. The van der Waals surface area contributed by atoms with Crippen LogP contribution in [0, 0.1) is 0 Å². The Bertz CT molecular complexity index is 537. The number of carbonyl (C=O) groups is 1. The highest BCUT2D eigenvalue weighted by molar-refractivity contribution is 7.99. The Balaban J connectivity index is 2.12. The molecule has 1 heterocycles. The van der Waals surface area contributed by atoms with Crippen LogP contribution in [0.1, 0.15) is 39.2 Å². The first-order valence-corrected chi connectivity index (χ1v) is 7.14. The largest absolute Gasteiger partial charge is 0.368 e. The fraction of sp³-hybridized carbons (Fsp3) is 0.727. The van der Waals surface area contributed by atoms with Crippen LogP contribution in [-0.4, -0.2) is 31.5 Å². The molecule has 1 amide bonds. The van der Waals surface area contributed by atoms with Crippen LogP contribution in [0.15, 0.2) is 9.95 Å². The van der Waals surface area contributed by atoms with E-state index in [1.807, 2.05) is 13.8 Å². The molecule has 0 saturated heterocycles. The minimum atomic E-state index is -0.920. The maximum atomic E-state index is 11.6. The first kappa shape index (κ1) is 14.1. The van der Waals surface area contributed by atoms with E-state index in [0.29, 0.717) is 18.0 Å². The van der Waals surface area contributed by atoms with Crippen LogP contribution in [0.4, 0.5) is 0 Å². The molecule has 1 aliphatic carbocycles. The van der Waals surface area contributed by atoms with Gasteiger partial charge in [-0.3, -0.25) is 9.36 Å². The number of carbonyl (C=O) groups excluding carboxylic acids is 1. The molecule has 8 heteroatoms. The molecular formula is C11H19N5O2S. The number of rotatable bonds is 4. The standard InChI is InChI=1S/C11H19N5O2S/c1-6(2)16-9(18)14-15-10(16)19-7-3-4-11(13,5-7)8(12)17/h6-7H,3-5,13H2,1-2H3,(H2,12,17)(H,14,18). The SMILES string of the molecule is CC(C)n1c(SC2CCC(N)(C(N)=O)C2)n[nH]c1=O. The Labute approximate surface area is 115 Å². The number of nitrogens with zero attached hydrogens (tertiary/aromatic N) is 2. The zero-order valence-corrected chi connectivity index (χ0v) is 11.9. The van der Waals surface area contributed by atoms with Gasteiger partial charge in [0.25, 0.3) is 0 Å². The molecule has 1 aromatic rings. The lowest BCUT2D eigenvalue weighted by atomic mass is 9.99. The lowest BCUT2D eigenvalue weighted by Crippen LogP contribution is -2.50. The number of thioether (sulfide) groups is 1. The van der Waals surface area contributed by atoms with E-state index in [0.717, 1.165) is 6.42 Å². The van der Waals surface area contributed by atoms with E-state index >= 15 is 0 Å². The molecule has 1 fully saturated rings. The summed E-state index contributed by atoms with van der Waals surface area (Å²) in [4.78, 5) is 22.9. The van der Waals surface area contributed by atoms with E-state index in [9.17, 15) is 9.59 Å². The molecule has 0 radical (unpaired) electrons. The van der Waals surface area contributed by atoms with Crippen molar-refractivity contribution in [3.63, 3.8) is 0 Å². The van der Waals surface area contributed by atoms with Gasteiger partial charge in [-0.1, -0.05) is 11.8 Å². The highest BCUT2D eigenvalue weighted by atomic mass is 32.2. The first-order valence-electron chi connectivity index (χ1n) is 6.26. The second-order valence-electron chi connectivity index (χ2n) is 5.28. The van der Waals surface area contributed by atoms with Gasteiger partial charge in [0.2, 0.25) is 5.91 Å². The van der Waals surface area contributed by atoms with E-state index < -0.39 is 11.4 Å². The van der Waals surface area contributed by atoms with Crippen LogP contribution in [0.25, 0.3) is 0 Å². The van der Waals surface area contributed by atoms with Gasteiger partial charge in [-0.2, -0.15) is 0 Å². The fourth-order valence-corrected chi connectivity index (χ4v) is 3.75. The zero-order chi connectivity index (χ0) is 14.2. The molecule has 19 heavy (non-hydrogen) atoms. The smallest absolute Gasteiger partial charge is 0.344 e. The Morgan fingerprint density at radius 3 is 2.84 bits per heavy atom. The summed E-state index contributed by atoms with van der Waals surface area (Å²) < 4.78 is 1.60. The lowest BCUT2D eigenvalue weighted by Gasteiger charge is -2.19. The number of primary amides is 1. The van der Waals surface area contributed by atoms with Crippen molar-refractivity contribution in [2.24, 2.45) is 11.5 Å². The predicted molar refractivity (Wildman–Crippen MR) is 72.8 cm³/mol. The summed E-state index contributed by atoms with van der Waals surface area (Å²) in [5, 5.41) is 7.27. The van der Waals surface area contributed by atoms with Gasteiger partial charge in [0.1, 0.15) is 0 Å². The van der Waals surface area contributed by atoms with Crippen molar-refractivity contribution in [1.82, 2.24) is 14.8 Å². The Morgan fingerprint density at radius 2 is 2.32 bits per heavy atom. The highest BCUT2D eigenvalue weighted by Crippen LogP contribution is 2.38. The van der Waals surface area contributed by atoms with Gasteiger partial charge < -0.3 is 11.5 Å². The lowest BCUT2D eigenvalue weighted by molar-refractivity contribution is -0.122. The molecular weight excluding hydrogens is 266 g/mol. The summed E-state index contributed by atoms with van der Waals surface area (Å²) >= 11 is 1.48. The molecule has 106 valence electrons.